The maximum absolute atomic E-state index is 5.60. The van der Waals surface area contributed by atoms with Crippen molar-refractivity contribution in [1.29, 1.82) is 0 Å². The van der Waals surface area contributed by atoms with Crippen LogP contribution in [-0.2, 0) is 0 Å². The van der Waals surface area contributed by atoms with Crippen LogP contribution in [0.25, 0.3) is 0 Å². The maximum atomic E-state index is 5.60. The third-order valence-corrected chi connectivity index (χ3v) is 2.99. The molecule has 0 aromatic heterocycles. The maximum Gasteiger partial charge on any atom is 0.149 e. The molecule has 0 aliphatic heterocycles. The number of ether oxygens (including phenoxy) is 2. The second-order valence-electron chi connectivity index (χ2n) is 4.97. The van der Waals surface area contributed by atoms with E-state index in [2.05, 4.69) is 37.5 Å². The molecule has 22 heavy (non-hydrogen) atoms. The Hall–Kier alpha value is -2.06. The van der Waals surface area contributed by atoms with Gasteiger partial charge in [0.1, 0.15) is 24.7 Å². The summed E-state index contributed by atoms with van der Waals surface area (Å²) in [5.74, 6) is 13.8. The van der Waals surface area contributed by atoms with E-state index in [0.717, 1.165) is 37.2 Å². The fraction of sp³-hybridized carbons (Fsp3) is 0.500. The van der Waals surface area contributed by atoms with Gasteiger partial charge in [0.2, 0.25) is 0 Å². The molecule has 0 N–H and O–H groups in total. The van der Waals surface area contributed by atoms with Crippen molar-refractivity contribution in [2.24, 2.45) is 0 Å². The van der Waals surface area contributed by atoms with E-state index < -0.39 is 0 Å². The van der Waals surface area contributed by atoms with E-state index in [1.54, 1.807) is 0 Å². The summed E-state index contributed by atoms with van der Waals surface area (Å²) in [5, 5.41) is 0. The summed E-state index contributed by atoms with van der Waals surface area (Å²) >= 11 is 0. The zero-order chi connectivity index (χ0) is 15.9. The highest BCUT2D eigenvalue weighted by Gasteiger charge is 1.96. The van der Waals surface area contributed by atoms with E-state index in [1.165, 1.54) is 12.8 Å². The average Bonchev–Trinajstić information content (AvgIpc) is 2.54. The first-order chi connectivity index (χ1) is 10.9. The Labute approximate surface area is 135 Å². The molecule has 0 aliphatic rings. The van der Waals surface area contributed by atoms with Crippen LogP contribution >= 0.6 is 0 Å². The zero-order valence-electron chi connectivity index (χ0n) is 13.8. The van der Waals surface area contributed by atoms with Crippen molar-refractivity contribution in [1.82, 2.24) is 0 Å². The summed E-state index contributed by atoms with van der Waals surface area (Å²) in [5.41, 5.74) is 0. The van der Waals surface area contributed by atoms with E-state index >= 15 is 0 Å². The molecule has 0 unspecified atom stereocenters. The van der Waals surface area contributed by atoms with Crippen molar-refractivity contribution < 1.29 is 9.47 Å². The number of benzene rings is 1. The summed E-state index contributed by atoms with van der Waals surface area (Å²) in [6, 6.07) is 7.61. The lowest BCUT2D eigenvalue weighted by Gasteiger charge is -2.05. The first-order valence-corrected chi connectivity index (χ1v) is 8.14. The zero-order valence-corrected chi connectivity index (χ0v) is 13.8. The van der Waals surface area contributed by atoms with Gasteiger partial charge in [0.05, 0.1) is 0 Å². The van der Waals surface area contributed by atoms with Crippen LogP contribution in [0.2, 0.25) is 0 Å². The summed E-state index contributed by atoms with van der Waals surface area (Å²) < 4.78 is 11.2. The van der Waals surface area contributed by atoms with Crippen LogP contribution in [0.5, 0.6) is 11.5 Å². The van der Waals surface area contributed by atoms with Gasteiger partial charge in [0.15, 0.2) is 0 Å². The van der Waals surface area contributed by atoms with Gasteiger partial charge in [0, 0.05) is 18.9 Å². The molecule has 0 aliphatic carbocycles. The quantitative estimate of drug-likeness (QED) is 0.505. The lowest BCUT2D eigenvalue weighted by Crippen LogP contribution is -1.96. The largest absolute Gasteiger partial charge is 0.481 e. The van der Waals surface area contributed by atoms with Crippen LogP contribution < -0.4 is 9.47 Å². The van der Waals surface area contributed by atoms with Crippen molar-refractivity contribution in [3.63, 3.8) is 0 Å². The second kappa shape index (κ2) is 12.7. The van der Waals surface area contributed by atoms with Gasteiger partial charge in [-0.15, -0.1) is 0 Å². The fourth-order valence-electron chi connectivity index (χ4n) is 1.70. The Morgan fingerprint density at radius 3 is 1.73 bits per heavy atom. The summed E-state index contributed by atoms with van der Waals surface area (Å²) in [6.45, 7) is 5.17. The summed E-state index contributed by atoms with van der Waals surface area (Å²) in [7, 11) is 0. The van der Waals surface area contributed by atoms with Crippen LogP contribution in [0, 0.1) is 23.7 Å². The van der Waals surface area contributed by atoms with Crippen molar-refractivity contribution in [2.75, 3.05) is 13.2 Å². The van der Waals surface area contributed by atoms with E-state index in [1.807, 2.05) is 24.3 Å². The molecule has 1 aromatic carbocycles. The smallest absolute Gasteiger partial charge is 0.149 e. The number of hydrogen-bond acceptors (Lipinski definition) is 2. The molecule has 0 spiro atoms. The minimum atomic E-state index is 0.421. The van der Waals surface area contributed by atoms with Gasteiger partial charge < -0.3 is 9.47 Å². The minimum absolute atomic E-state index is 0.421. The van der Waals surface area contributed by atoms with E-state index in [-0.39, 0.29) is 0 Å². The van der Waals surface area contributed by atoms with Gasteiger partial charge in [-0.1, -0.05) is 56.4 Å². The van der Waals surface area contributed by atoms with E-state index in [9.17, 15) is 0 Å². The van der Waals surface area contributed by atoms with Gasteiger partial charge in [-0.3, -0.25) is 0 Å². The third-order valence-electron chi connectivity index (χ3n) is 2.99. The molecule has 0 atom stereocenters. The minimum Gasteiger partial charge on any atom is -0.481 e. The van der Waals surface area contributed by atoms with Crippen molar-refractivity contribution in [3.05, 3.63) is 24.3 Å². The number of hydrogen-bond donors (Lipinski definition) is 0. The molecule has 0 fully saturated rings. The fourth-order valence-corrected chi connectivity index (χ4v) is 1.70. The molecule has 2 heteroatoms. The van der Waals surface area contributed by atoms with Gasteiger partial charge in [-0.2, -0.15) is 0 Å². The molecule has 1 aromatic rings. The first-order valence-electron chi connectivity index (χ1n) is 8.14. The van der Waals surface area contributed by atoms with Crippen molar-refractivity contribution >= 4 is 0 Å². The highest BCUT2D eigenvalue weighted by Crippen LogP contribution is 2.19. The van der Waals surface area contributed by atoms with Crippen LogP contribution in [0.4, 0.5) is 0 Å². The molecule has 0 saturated heterocycles. The molecule has 0 radical (unpaired) electrons. The Bertz CT molecular complexity index is 481. The monoisotopic (exact) mass is 298 g/mol. The normalized spacial score (nSPS) is 9.18. The molecule has 118 valence electrons. The Kier molecular flexibility index (Phi) is 10.4. The van der Waals surface area contributed by atoms with Crippen molar-refractivity contribution in [2.45, 2.75) is 52.4 Å². The summed E-state index contributed by atoms with van der Waals surface area (Å²) in [6.07, 6.45) is 6.54. The van der Waals surface area contributed by atoms with Crippen LogP contribution in [0.3, 0.4) is 0 Å². The van der Waals surface area contributed by atoms with Crippen LogP contribution in [-0.4, -0.2) is 13.2 Å². The van der Waals surface area contributed by atoms with Crippen LogP contribution in [0.1, 0.15) is 52.4 Å². The molecule has 0 heterocycles. The number of rotatable bonds is 8. The molecule has 2 nitrogen and oxygen atoms in total. The summed E-state index contributed by atoms with van der Waals surface area (Å²) in [4.78, 5) is 0. The lowest BCUT2D eigenvalue weighted by molar-refractivity contribution is 0.351. The molecule has 0 amide bonds. The third kappa shape index (κ3) is 8.98. The van der Waals surface area contributed by atoms with Gasteiger partial charge in [-0.25, -0.2) is 0 Å². The van der Waals surface area contributed by atoms with E-state index in [4.69, 9.17) is 9.47 Å². The lowest BCUT2D eigenvalue weighted by atomic mass is 10.2. The predicted molar refractivity (Wildman–Crippen MR) is 92.0 cm³/mol. The second-order valence-corrected chi connectivity index (χ2v) is 4.97. The van der Waals surface area contributed by atoms with Gasteiger partial charge in [-0.05, 0) is 25.0 Å². The Balaban J connectivity index is 2.31. The van der Waals surface area contributed by atoms with Gasteiger partial charge in [0.25, 0.3) is 0 Å². The standard InChI is InChI=1S/C20H26O2/c1-3-5-7-9-11-16-21-19-14-13-15-20(18-19)22-17-12-10-8-6-4-2/h13-15,18H,3-8,16-17H2,1-2H3. The van der Waals surface area contributed by atoms with E-state index in [0.29, 0.717) is 13.2 Å². The highest BCUT2D eigenvalue weighted by molar-refractivity contribution is 5.33. The molecule has 0 saturated carbocycles. The molecular weight excluding hydrogens is 272 g/mol. The number of unbranched alkanes of at least 4 members (excludes halogenated alkanes) is 4. The predicted octanol–water partition coefficient (Wildman–Crippen LogP) is 4.83. The molecular formula is C20H26O2. The van der Waals surface area contributed by atoms with Crippen molar-refractivity contribution in [3.8, 4) is 35.2 Å². The topological polar surface area (TPSA) is 18.5 Å². The average molecular weight is 298 g/mol. The molecule has 0 bridgehead atoms. The Morgan fingerprint density at radius 2 is 1.27 bits per heavy atom. The Morgan fingerprint density at radius 1 is 0.773 bits per heavy atom. The SMILES string of the molecule is CCCCC#CCOc1cccc(OCC#CCCCC)c1. The molecule has 1 rings (SSSR count). The highest BCUT2D eigenvalue weighted by atomic mass is 16.5. The van der Waals surface area contributed by atoms with Crippen LogP contribution in [0.15, 0.2) is 24.3 Å². The first kappa shape index (κ1) is 18.0. The van der Waals surface area contributed by atoms with Gasteiger partial charge >= 0.3 is 0 Å².